The highest BCUT2D eigenvalue weighted by Crippen LogP contribution is 2.14. The van der Waals surface area contributed by atoms with E-state index in [1.54, 1.807) is 0 Å². The van der Waals surface area contributed by atoms with Gasteiger partial charge in [0.25, 0.3) is 0 Å². The largest absolute Gasteiger partial charge is 0.399 e. The monoisotopic (exact) mass is 262 g/mol. The Hall–Kier alpha value is -1.06. The molecule has 1 atom stereocenters. The number of nitrogens with zero attached hydrogens (tertiary/aromatic N) is 1. The Morgan fingerprint density at radius 3 is 2.74 bits per heavy atom. The first-order valence-electron chi connectivity index (χ1n) is 7.38. The first-order valence-corrected chi connectivity index (χ1v) is 7.38. The van der Waals surface area contributed by atoms with Crippen LogP contribution in [-0.2, 0) is 11.2 Å². The highest BCUT2D eigenvalue weighted by atomic mass is 16.5. The molecule has 1 saturated heterocycles. The summed E-state index contributed by atoms with van der Waals surface area (Å²) in [5.41, 5.74) is 7.90. The lowest BCUT2D eigenvalue weighted by molar-refractivity contribution is -0.00151. The van der Waals surface area contributed by atoms with Crippen molar-refractivity contribution in [2.45, 2.75) is 38.2 Å². The van der Waals surface area contributed by atoms with Crippen LogP contribution in [0, 0.1) is 0 Å². The van der Waals surface area contributed by atoms with Crippen molar-refractivity contribution in [3.05, 3.63) is 29.8 Å². The van der Waals surface area contributed by atoms with Gasteiger partial charge in [0.05, 0.1) is 6.10 Å². The Morgan fingerprint density at radius 1 is 1.26 bits per heavy atom. The molecule has 0 saturated carbocycles. The summed E-state index contributed by atoms with van der Waals surface area (Å²) in [6.45, 7) is 3.15. The minimum Gasteiger partial charge on any atom is -0.399 e. The topological polar surface area (TPSA) is 38.5 Å². The summed E-state index contributed by atoms with van der Waals surface area (Å²) in [6, 6.07) is 8.21. The fourth-order valence-electron chi connectivity index (χ4n) is 2.63. The summed E-state index contributed by atoms with van der Waals surface area (Å²) in [4.78, 5) is 2.40. The number of nitrogens with two attached hydrogens (primary N) is 1. The van der Waals surface area contributed by atoms with Gasteiger partial charge in [-0.25, -0.2) is 0 Å². The first-order chi connectivity index (χ1) is 9.24. The van der Waals surface area contributed by atoms with Gasteiger partial charge in [0, 0.05) is 18.8 Å². The number of nitrogen functional groups attached to an aromatic ring is 1. The zero-order chi connectivity index (χ0) is 13.5. The summed E-state index contributed by atoms with van der Waals surface area (Å²) in [6.07, 6.45) is 6.54. The maximum absolute atomic E-state index is 5.77. The molecule has 0 aliphatic carbocycles. The third-order valence-corrected chi connectivity index (χ3v) is 3.77. The lowest BCUT2D eigenvalue weighted by atomic mass is 10.1. The van der Waals surface area contributed by atoms with E-state index >= 15 is 0 Å². The van der Waals surface area contributed by atoms with E-state index in [1.165, 1.54) is 31.2 Å². The molecule has 3 heteroatoms. The number of hydrogen-bond acceptors (Lipinski definition) is 3. The summed E-state index contributed by atoms with van der Waals surface area (Å²) >= 11 is 0. The standard InChI is InChI=1S/C16H26N2O/c1-18(13-16-6-2-3-12-19-16)11-4-5-14-7-9-15(17)10-8-14/h7-10,16H,2-6,11-13,17H2,1H3. The van der Waals surface area contributed by atoms with Crippen molar-refractivity contribution in [3.63, 3.8) is 0 Å². The number of ether oxygens (including phenoxy) is 1. The Kier molecular flexibility index (Phi) is 5.67. The second-order valence-corrected chi connectivity index (χ2v) is 5.60. The number of likely N-dealkylation sites (N-methyl/N-ethyl adjacent to an activating group) is 1. The zero-order valence-electron chi connectivity index (χ0n) is 12.0. The van der Waals surface area contributed by atoms with Crippen molar-refractivity contribution in [1.82, 2.24) is 4.90 Å². The molecule has 0 radical (unpaired) electrons. The van der Waals surface area contributed by atoms with Crippen molar-refractivity contribution in [2.75, 3.05) is 32.5 Å². The van der Waals surface area contributed by atoms with Gasteiger partial charge in [0.1, 0.15) is 0 Å². The van der Waals surface area contributed by atoms with Gasteiger partial charge in [0.2, 0.25) is 0 Å². The molecule has 1 aliphatic rings. The van der Waals surface area contributed by atoms with E-state index in [-0.39, 0.29) is 0 Å². The van der Waals surface area contributed by atoms with E-state index in [2.05, 4.69) is 24.1 Å². The minimum absolute atomic E-state index is 0.454. The molecular formula is C16H26N2O. The van der Waals surface area contributed by atoms with Crippen molar-refractivity contribution < 1.29 is 4.74 Å². The maximum Gasteiger partial charge on any atom is 0.0701 e. The Morgan fingerprint density at radius 2 is 2.05 bits per heavy atom. The average molecular weight is 262 g/mol. The number of rotatable bonds is 6. The van der Waals surface area contributed by atoms with E-state index in [0.29, 0.717) is 6.10 Å². The van der Waals surface area contributed by atoms with Crippen LogP contribution in [0.25, 0.3) is 0 Å². The van der Waals surface area contributed by atoms with Crippen LogP contribution in [0.4, 0.5) is 5.69 Å². The lowest BCUT2D eigenvalue weighted by Crippen LogP contribution is -2.34. The Bertz CT molecular complexity index is 358. The highest BCUT2D eigenvalue weighted by molar-refractivity contribution is 5.39. The molecule has 1 aromatic carbocycles. The molecule has 2 N–H and O–H groups in total. The van der Waals surface area contributed by atoms with Gasteiger partial charge in [-0.3, -0.25) is 0 Å². The van der Waals surface area contributed by atoms with Crippen LogP contribution in [-0.4, -0.2) is 37.7 Å². The molecule has 106 valence electrons. The van der Waals surface area contributed by atoms with Crippen LogP contribution in [0.2, 0.25) is 0 Å². The summed E-state index contributed by atoms with van der Waals surface area (Å²) < 4.78 is 5.77. The molecule has 1 aromatic rings. The van der Waals surface area contributed by atoms with E-state index < -0.39 is 0 Å². The van der Waals surface area contributed by atoms with Crippen molar-refractivity contribution >= 4 is 5.69 Å². The predicted molar refractivity (Wildman–Crippen MR) is 80.3 cm³/mol. The summed E-state index contributed by atoms with van der Waals surface area (Å²) in [7, 11) is 2.20. The number of hydrogen-bond donors (Lipinski definition) is 1. The molecule has 0 aromatic heterocycles. The van der Waals surface area contributed by atoms with Crippen molar-refractivity contribution in [3.8, 4) is 0 Å². The predicted octanol–water partition coefficient (Wildman–Crippen LogP) is 2.70. The van der Waals surface area contributed by atoms with Gasteiger partial charge in [-0.2, -0.15) is 0 Å². The van der Waals surface area contributed by atoms with E-state index in [0.717, 1.165) is 31.8 Å². The molecule has 1 aliphatic heterocycles. The van der Waals surface area contributed by atoms with Crippen LogP contribution in [0.1, 0.15) is 31.2 Å². The quantitative estimate of drug-likeness (QED) is 0.801. The fraction of sp³-hybridized carbons (Fsp3) is 0.625. The SMILES string of the molecule is CN(CCCc1ccc(N)cc1)CC1CCCCO1. The molecule has 2 rings (SSSR count). The first kappa shape index (κ1) is 14.4. The third kappa shape index (κ3) is 5.21. The van der Waals surface area contributed by atoms with Gasteiger partial charge in [0.15, 0.2) is 0 Å². The second kappa shape index (κ2) is 7.51. The molecule has 1 heterocycles. The molecule has 19 heavy (non-hydrogen) atoms. The molecule has 1 fully saturated rings. The van der Waals surface area contributed by atoms with Crippen molar-refractivity contribution in [2.24, 2.45) is 0 Å². The maximum atomic E-state index is 5.77. The highest BCUT2D eigenvalue weighted by Gasteiger charge is 2.15. The normalized spacial score (nSPS) is 19.8. The third-order valence-electron chi connectivity index (χ3n) is 3.77. The van der Waals surface area contributed by atoms with E-state index in [4.69, 9.17) is 10.5 Å². The number of benzene rings is 1. The average Bonchev–Trinajstić information content (AvgIpc) is 2.42. The van der Waals surface area contributed by atoms with Gasteiger partial charge >= 0.3 is 0 Å². The van der Waals surface area contributed by atoms with E-state index in [9.17, 15) is 0 Å². The molecule has 0 amide bonds. The van der Waals surface area contributed by atoms with Crippen LogP contribution < -0.4 is 5.73 Å². The van der Waals surface area contributed by atoms with Crippen LogP contribution in [0.3, 0.4) is 0 Å². The summed E-state index contributed by atoms with van der Waals surface area (Å²) in [5.74, 6) is 0. The Labute approximate surface area is 116 Å². The molecule has 0 bridgehead atoms. The molecule has 3 nitrogen and oxygen atoms in total. The smallest absolute Gasteiger partial charge is 0.0701 e. The Balaban J connectivity index is 1.63. The fourth-order valence-corrected chi connectivity index (χ4v) is 2.63. The van der Waals surface area contributed by atoms with Gasteiger partial charge in [-0.1, -0.05) is 12.1 Å². The van der Waals surface area contributed by atoms with Crippen LogP contribution in [0.5, 0.6) is 0 Å². The molecule has 1 unspecified atom stereocenters. The zero-order valence-corrected chi connectivity index (χ0v) is 12.0. The van der Waals surface area contributed by atoms with Gasteiger partial charge in [-0.05, 0) is 63.4 Å². The van der Waals surface area contributed by atoms with Crippen LogP contribution >= 0.6 is 0 Å². The second-order valence-electron chi connectivity index (χ2n) is 5.60. The number of aryl methyl sites for hydroxylation is 1. The van der Waals surface area contributed by atoms with Gasteiger partial charge in [-0.15, -0.1) is 0 Å². The van der Waals surface area contributed by atoms with Gasteiger partial charge < -0.3 is 15.4 Å². The van der Waals surface area contributed by atoms with E-state index in [1.807, 2.05) is 12.1 Å². The molecule has 0 spiro atoms. The van der Waals surface area contributed by atoms with Crippen molar-refractivity contribution in [1.29, 1.82) is 0 Å². The number of anilines is 1. The lowest BCUT2D eigenvalue weighted by Gasteiger charge is -2.27. The van der Waals surface area contributed by atoms with Crippen LogP contribution in [0.15, 0.2) is 24.3 Å². The summed E-state index contributed by atoms with van der Waals surface area (Å²) in [5, 5.41) is 0. The molecular weight excluding hydrogens is 236 g/mol. The minimum atomic E-state index is 0.454.